The van der Waals surface area contributed by atoms with Crippen molar-refractivity contribution < 1.29 is 20.1 Å². The van der Waals surface area contributed by atoms with E-state index in [-0.39, 0.29) is 20.1 Å². The maximum atomic E-state index is 4.61. The Balaban J connectivity index is 0.00000278. The van der Waals surface area contributed by atoms with Crippen LogP contribution in [0.15, 0.2) is 146 Å². The molecule has 0 saturated carbocycles. The number of imidazole rings is 1. The number of fused-ring (bicyclic) bond motifs is 9. The molecule has 0 unspecified atom stereocenters. The van der Waals surface area contributed by atoms with Gasteiger partial charge in [0.25, 0.3) is 0 Å². The van der Waals surface area contributed by atoms with Gasteiger partial charge >= 0.3 is 0 Å². The van der Waals surface area contributed by atoms with Gasteiger partial charge in [-0.3, -0.25) is 4.98 Å². The second-order valence-corrected chi connectivity index (χ2v) is 10.8. The van der Waals surface area contributed by atoms with Crippen molar-refractivity contribution in [1.29, 1.82) is 0 Å². The molecule has 0 amide bonds. The average molecular weight is 727 g/mol. The van der Waals surface area contributed by atoms with Gasteiger partial charge < -0.3 is 8.97 Å². The summed E-state index contributed by atoms with van der Waals surface area (Å²) in [4.78, 5) is 4.61. The standard InChI is InChI=1S/C39H24N3.Ir/c1-2-11-30(12-3-1)42-37-16-7-6-14-32(37)35-25-29(18-20-38(35)42)27-10-8-9-26(23-27)28-17-19-36-34(24-28)31-13-4-5-15-33(31)39-40-21-22-41(36)39;/h1-14,16-25H;/q-1;. The van der Waals surface area contributed by atoms with Crippen molar-refractivity contribution in [3.8, 4) is 27.9 Å². The van der Waals surface area contributed by atoms with Crippen LogP contribution in [0.4, 0.5) is 0 Å². The predicted molar refractivity (Wildman–Crippen MR) is 174 cm³/mol. The van der Waals surface area contributed by atoms with E-state index in [2.05, 4.69) is 147 Å². The van der Waals surface area contributed by atoms with Crippen molar-refractivity contribution in [2.24, 2.45) is 0 Å². The Labute approximate surface area is 262 Å². The molecule has 0 atom stereocenters. The van der Waals surface area contributed by atoms with Crippen LogP contribution < -0.4 is 0 Å². The molecule has 0 fully saturated rings. The third-order valence-corrected chi connectivity index (χ3v) is 8.48. The van der Waals surface area contributed by atoms with Gasteiger partial charge in [-0.05, 0) is 70.1 Å². The van der Waals surface area contributed by atoms with E-state index in [4.69, 9.17) is 0 Å². The molecule has 1 radical (unpaired) electrons. The molecule has 4 heteroatoms. The Morgan fingerprint density at radius 1 is 0.512 bits per heavy atom. The second kappa shape index (κ2) is 10.1. The summed E-state index contributed by atoms with van der Waals surface area (Å²) in [6.07, 6.45) is 3.89. The zero-order valence-corrected chi connectivity index (χ0v) is 25.4. The van der Waals surface area contributed by atoms with Crippen LogP contribution in [0.25, 0.3) is 77.1 Å². The van der Waals surface area contributed by atoms with Gasteiger partial charge in [0, 0.05) is 54.5 Å². The zero-order valence-electron chi connectivity index (χ0n) is 23.0. The Kier molecular flexibility index (Phi) is 6.01. The molecule has 9 rings (SSSR count). The molecule has 6 aromatic carbocycles. The molecule has 3 aromatic heterocycles. The van der Waals surface area contributed by atoms with Crippen LogP contribution in [0.3, 0.4) is 0 Å². The largest absolute Gasteiger partial charge is 0.340 e. The van der Waals surface area contributed by atoms with Gasteiger partial charge in [0.15, 0.2) is 0 Å². The maximum absolute atomic E-state index is 4.61. The zero-order chi connectivity index (χ0) is 27.6. The average Bonchev–Trinajstić information content (AvgIpc) is 3.69. The number of benzene rings is 6. The van der Waals surface area contributed by atoms with E-state index in [0.29, 0.717) is 0 Å². The number of nitrogens with zero attached hydrogens (tertiary/aromatic N) is 3. The monoisotopic (exact) mass is 727 g/mol. The molecular formula is C39H24IrN3-. The Morgan fingerprint density at radius 2 is 1.16 bits per heavy atom. The summed E-state index contributed by atoms with van der Waals surface area (Å²) >= 11 is 0. The van der Waals surface area contributed by atoms with Crippen molar-refractivity contribution in [3.05, 3.63) is 152 Å². The number of hydrogen-bond donors (Lipinski definition) is 0. The number of pyridine rings is 1. The molecule has 0 saturated heterocycles. The topological polar surface area (TPSA) is 22.2 Å². The van der Waals surface area contributed by atoms with Crippen LogP contribution in [0, 0.1) is 6.07 Å². The van der Waals surface area contributed by atoms with Gasteiger partial charge in [0.05, 0.1) is 16.7 Å². The molecule has 205 valence electrons. The van der Waals surface area contributed by atoms with E-state index >= 15 is 0 Å². The van der Waals surface area contributed by atoms with E-state index in [1.807, 2.05) is 18.5 Å². The Hall–Kier alpha value is -5.02. The van der Waals surface area contributed by atoms with Crippen molar-refractivity contribution in [2.75, 3.05) is 0 Å². The third kappa shape index (κ3) is 3.95. The maximum Gasteiger partial charge on any atom is 0.0608 e. The van der Waals surface area contributed by atoms with Crippen LogP contribution in [-0.2, 0) is 20.1 Å². The van der Waals surface area contributed by atoms with E-state index in [0.717, 1.165) is 16.6 Å². The molecular weight excluding hydrogens is 703 g/mol. The van der Waals surface area contributed by atoms with E-state index in [1.54, 1.807) is 0 Å². The SMILES string of the molecule is [Ir].[c-]1cccc2c1c1nccn1c1ccc(-c3cccc(-c4ccc5c(c4)c4ccccc4n5-c4ccccc4)c3)cc21. The van der Waals surface area contributed by atoms with Crippen LogP contribution in [-0.4, -0.2) is 14.0 Å². The van der Waals surface area contributed by atoms with E-state index in [1.165, 1.54) is 60.5 Å². The van der Waals surface area contributed by atoms with Gasteiger partial charge in [0.2, 0.25) is 0 Å². The minimum atomic E-state index is 0. The first-order valence-corrected chi connectivity index (χ1v) is 14.2. The smallest absolute Gasteiger partial charge is 0.0608 e. The van der Waals surface area contributed by atoms with Crippen molar-refractivity contribution in [3.63, 3.8) is 0 Å². The first-order valence-electron chi connectivity index (χ1n) is 14.2. The minimum absolute atomic E-state index is 0. The fourth-order valence-corrected chi connectivity index (χ4v) is 6.56. The molecule has 0 spiro atoms. The van der Waals surface area contributed by atoms with Gasteiger partial charge in [-0.15, -0.1) is 29.7 Å². The fraction of sp³-hybridized carbons (Fsp3) is 0. The molecule has 3 heterocycles. The number of hydrogen-bond acceptors (Lipinski definition) is 1. The minimum Gasteiger partial charge on any atom is -0.340 e. The first kappa shape index (κ1) is 25.7. The summed E-state index contributed by atoms with van der Waals surface area (Å²) < 4.78 is 4.52. The second-order valence-electron chi connectivity index (χ2n) is 10.8. The van der Waals surface area contributed by atoms with Gasteiger partial charge in [-0.25, -0.2) is 0 Å². The number of aromatic nitrogens is 3. The van der Waals surface area contributed by atoms with Gasteiger partial charge in [0.1, 0.15) is 0 Å². The van der Waals surface area contributed by atoms with E-state index < -0.39 is 0 Å². The molecule has 3 nitrogen and oxygen atoms in total. The fourth-order valence-electron chi connectivity index (χ4n) is 6.56. The Morgan fingerprint density at radius 3 is 1.98 bits per heavy atom. The predicted octanol–water partition coefficient (Wildman–Crippen LogP) is 9.87. The molecule has 0 aliphatic carbocycles. The Bertz CT molecular complexity index is 2470. The van der Waals surface area contributed by atoms with Crippen LogP contribution in [0.5, 0.6) is 0 Å². The summed E-state index contributed by atoms with van der Waals surface area (Å²) in [5.74, 6) is 0. The molecule has 0 aliphatic heterocycles. The number of rotatable bonds is 3. The van der Waals surface area contributed by atoms with Crippen molar-refractivity contribution in [1.82, 2.24) is 14.0 Å². The van der Waals surface area contributed by atoms with Gasteiger partial charge in [-0.1, -0.05) is 78.2 Å². The first-order chi connectivity index (χ1) is 20.8. The van der Waals surface area contributed by atoms with Crippen LogP contribution in [0.1, 0.15) is 0 Å². The van der Waals surface area contributed by atoms with Crippen molar-refractivity contribution in [2.45, 2.75) is 0 Å². The molecule has 0 N–H and O–H groups in total. The van der Waals surface area contributed by atoms with Gasteiger partial charge in [-0.2, -0.15) is 0 Å². The molecule has 0 bridgehead atoms. The summed E-state index contributed by atoms with van der Waals surface area (Å²) in [5.41, 5.74) is 10.5. The quantitative estimate of drug-likeness (QED) is 0.131. The van der Waals surface area contributed by atoms with E-state index in [9.17, 15) is 0 Å². The summed E-state index contributed by atoms with van der Waals surface area (Å²) in [6.45, 7) is 0. The van der Waals surface area contributed by atoms with Crippen molar-refractivity contribution >= 4 is 49.1 Å². The molecule has 9 aromatic rings. The molecule has 43 heavy (non-hydrogen) atoms. The summed E-state index contributed by atoms with van der Waals surface area (Å²) in [6, 6.07) is 51.4. The molecule has 0 aliphatic rings. The normalized spacial score (nSPS) is 11.5. The third-order valence-electron chi connectivity index (χ3n) is 8.48. The number of para-hydroxylation sites is 2. The van der Waals surface area contributed by atoms with Crippen LogP contribution >= 0.6 is 0 Å². The summed E-state index contributed by atoms with van der Waals surface area (Å²) in [7, 11) is 0. The summed E-state index contributed by atoms with van der Waals surface area (Å²) in [5, 5.41) is 5.94. The van der Waals surface area contributed by atoms with Crippen LogP contribution in [0.2, 0.25) is 0 Å².